The lowest BCUT2D eigenvalue weighted by molar-refractivity contribution is 0.0473. The first-order chi connectivity index (χ1) is 6.92. The lowest BCUT2D eigenvalue weighted by Gasteiger charge is -2.45. The van der Waals surface area contributed by atoms with Crippen LogP contribution in [0, 0.1) is 5.92 Å². The van der Waals surface area contributed by atoms with Crippen LogP contribution in [0.3, 0.4) is 0 Å². The molecule has 1 unspecified atom stereocenters. The molecular weight excluding hydrogens is 174 g/mol. The summed E-state index contributed by atoms with van der Waals surface area (Å²) in [5, 5.41) is 0. The lowest BCUT2D eigenvalue weighted by Crippen LogP contribution is -2.49. The maximum atomic E-state index is 5.42. The topological polar surface area (TPSA) is 16.4 Å². The van der Waals surface area contributed by atoms with Crippen LogP contribution in [0.1, 0.15) is 25.0 Å². The van der Waals surface area contributed by atoms with Crippen molar-refractivity contribution >= 4 is 0 Å². The van der Waals surface area contributed by atoms with Crippen molar-refractivity contribution in [1.29, 1.82) is 0 Å². The van der Waals surface area contributed by atoms with E-state index < -0.39 is 0 Å². The summed E-state index contributed by atoms with van der Waals surface area (Å²) in [7, 11) is 0. The smallest absolute Gasteiger partial charge is 0.105 e. The van der Waals surface area contributed by atoms with E-state index in [0.717, 1.165) is 24.1 Å². The standard InChI is InChI=1S/C12H17NO/c1-2-12(14-7-1)9-11-8-10-3-5-13(11)6-4-10/h1-2,7,10-11H,3-6,8-9H2. The number of fused-ring (bicyclic) bond motifs is 3. The molecule has 76 valence electrons. The molecule has 4 heterocycles. The Morgan fingerprint density at radius 2 is 2.21 bits per heavy atom. The van der Waals surface area contributed by atoms with Crippen molar-refractivity contribution in [2.75, 3.05) is 13.1 Å². The number of nitrogens with zero attached hydrogens (tertiary/aromatic N) is 1. The maximum Gasteiger partial charge on any atom is 0.105 e. The van der Waals surface area contributed by atoms with Gasteiger partial charge in [-0.25, -0.2) is 0 Å². The summed E-state index contributed by atoms with van der Waals surface area (Å²) in [5.41, 5.74) is 0. The molecule has 4 rings (SSSR count). The van der Waals surface area contributed by atoms with E-state index in [9.17, 15) is 0 Å². The maximum absolute atomic E-state index is 5.42. The summed E-state index contributed by atoms with van der Waals surface area (Å²) in [5.74, 6) is 2.16. The second kappa shape index (κ2) is 3.43. The Bertz CT molecular complexity index is 285. The predicted molar refractivity (Wildman–Crippen MR) is 55.1 cm³/mol. The van der Waals surface area contributed by atoms with Gasteiger partial charge < -0.3 is 4.42 Å². The van der Waals surface area contributed by atoms with Crippen molar-refractivity contribution in [3.05, 3.63) is 24.2 Å². The summed E-state index contributed by atoms with van der Waals surface area (Å²) < 4.78 is 5.42. The first kappa shape index (κ1) is 8.54. The third kappa shape index (κ3) is 1.48. The minimum absolute atomic E-state index is 0.758. The molecule has 1 aromatic rings. The van der Waals surface area contributed by atoms with E-state index in [4.69, 9.17) is 4.42 Å². The van der Waals surface area contributed by atoms with Crippen LogP contribution < -0.4 is 0 Å². The number of hydrogen-bond donors (Lipinski definition) is 0. The van der Waals surface area contributed by atoms with E-state index in [0.29, 0.717) is 0 Å². The van der Waals surface area contributed by atoms with Gasteiger partial charge in [0.15, 0.2) is 0 Å². The summed E-state index contributed by atoms with van der Waals surface area (Å²) in [6, 6.07) is 4.85. The molecule has 3 fully saturated rings. The van der Waals surface area contributed by atoms with Crippen molar-refractivity contribution in [2.24, 2.45) is 5.92 Å². The monoisotopic (exact) mass is 191 g/mol. The molecule has 0 spiro atoms. The SMILES string of the molecule is c1coc(CC2CC3CCN2CC3)c1. The van der Waals surface area contributed by atoms with Gasteiger partial charge in [0.2, 0.25) is 0 Å². The normalized spacial score (nSPS) is 36.1. The molecular formula is C12H17NO. The molecule has 0 aromatic carbocycles. The van der Waals surface area contributed by atoms with Gasteiger partial charge in [-0.2, -0.15) is 0 Å². The summed E-state index contributed by atoms with van der Waals surface area (Å²) in [6.07, 6.45) is 7.14. The van der Waals surface area contributed by atoms with Crippen molar-refractivity contribution in [3.8, 4) is 0 Å². The second-order valence-electron chi connectivity index (χ2n) is 4.65. The van der Waals surface area contributed by atoms with Crippen LogP contribution in [-0.4, -0.2) is 24.0 Å². The van der Waals surface area contributed by atoms with Crippen molar-refractivity contribution in [3.63, 3.8) is 0 Å². The zero-order valence-electron chi connectivity index (χ0n) is 8.48. The Kier molecular flexibility index (Phi) is 2.09. The Morgan fingerprint density at radius 1 is 1.36 bits per heavy atom. The molecule has 3 aliphatic rings. The van der Waals surface area contributed by atoms with E-state index in [1.807, 2.05) is 6.07 Å². The van der Waals surface area contributed by atoms with Gasteiger partial charge in [-0.05, 0) is 50.4 Å². The molecule has 3 saturated heterocycles. The van der Waals surface area contributed by atoms with Crippen molar-refractivity contribution in [1.82, 2.24) is 4.90 Å². The molecule has 1 atom stereocenters. The molecule has 3 aliphatic heterocycles. The number of hydrogen-bond acceptors (Lipinski definition) is 2. The second-order valence-corrected chi connectivity index (χ2v) is 4.65. The third-order valence-electron chi connectivity index (χ3n) is 3.79. The lowest BCUT2D eigenvalue weighted by atomic mass is 9.82. The molecule has 0 aliphatic carbocycles. The van der Waals surface area contributed by atoms with E-state index in [2.05, 4.69) is 11.0 Å². The van der Waals surface area contributed by atoms with Crippen LogP contribution in [0.5, 0.6) is 0 Å². The molecule has 1 aromatic heterocycles. The van der Waals surface area contributed by atoms with Crippen LogP contribution in [0.25, 0.3) is 0 Å². The van der Waals surface area contributed by atoms with E-state index >= 15 is 0 Å². The number of rotatable bonds is 2. The van der Waals surface area contributed by atoms with E-state index in [-0.39, 0.29) is 0 Å². The highest BCUT2D eigenvalue weighted by Crippen LogP contribution is 2.33. The van der Waals surface area contributed by atoms with Crippen LogP contribution in [-0.2, 0) is 6.42 Å². The highest BCUT2D eigenvalue weighted by molar-refractivity contribution is 5.02. The van der Waals surface area contributed by atoms with Gasteiger partial charge in [-0.1, -0.05) is 0 Å². The molecule has 0 N–H and O–H groups in total. The minimum atomic E-state index is 0.758. The molecule has 2 heteroatoms. The quantitative estimate of drug-likeness (QED) is 0.713. The molecule has 2 bridgehead atoms. The molecule has 14 heavy (non-hydrogen) atoms. The van der Waals surface area contributed by atoms with Gasteiger partial charge in [0.25, 0.3) is 0 Å². The van der Waals surface area contributed by atoms with Gasteiger partial charge in [0.05, 0.1) is 6.26 Å². The van der Waals surface area contributed by atoms with Crippen molar-refractivity contribution in [2.45, 2.75) is 31.7 Å². The van der Waals surface area contributed by atoms with Crippen LogP contribution >= 0.6 is 0 Å². The number of furan rings is 1. The summed E-state index contributed by atoms with van der Waals surface area (Å²) in [4.78, 5) is 2.64. The average molecular weight is 191 g/mol. The Labute approximate surface area is 84.9 Å². The fourth-order valence-electron chi connectivity index (χ4n) is 2.96. The number of piperidine rings is 3. The van der Waals surface area contributed by atoms with Crippen LogP contribution in [0.15, 0.2) is 22.8 Å². The fourth-order valence-corrected chi connectivity index (χ4v) is 2.96. The van der Waals surface area contributed by atoms with Crippen LogP contribution in [0.2, 0.25) is 0 Å². The highest BCUT2D eigenvalue weighted by atomic mass is 16.3. The Balaban J connectivity index is 1.68. The third-order valence-corrected chi connectivity index (χ3v) is 3.79. The van der Waals surface area contributed by atoms with Gasteiger partial charge >= 0.3 is 0 Å². The Hall–Kier alpha value is -0.760. The molecule has 0 radical (unpaired) electrons. The van der Waals surface area contributed by atoms with Gasteiger partial charge in [0, 0.05) is 12.5 Å². The zero-order valence-corrected chi connectivity index (χ0v) is 8.48. The fraction of sp³-hybridized carbons (Fsp3) is 0.667. The first-order valence-corrected chi connectivity index (χ1v) is 5.68. The molecule has 0 amide bonds. The zero-order chi connectivity index (χ0) is 9.38. The summed E-state index contributed by atoms with van der Waals surface area (Å²) >= 11 is 0. The van der Waals surface area contributed by atoms with Gasteiger partial charge in [-0.3, -0.25) is 4.90 Å². The predicted octanol–water partition coefficient (Wildman–Crippen LogP) is 2.31. The highest BCUT2D eigenvalue weighted by Gasteiger charge is 2.33. The largest absolute Gasteiger partial charge is 0.469 e. The summed E-state index contributed by atoms with van der Waals surface area (Å²) in [6.45, 7) is 2.63. The van der Waals surface area contributed by atoms with Gasteiger partial charge in [-0.15, -0.1) is 0 Å². The van der Waals surface area contributed by atoms with Gasteiger partial charge in [0.1, 0.15) is 5.76 Å². The first-order valence-electron chi connectivity index (χ1n) is 5.68. The van der Waals surface area contributed by atoms with E-state index in [1.165, 1.54) is 32.4 Å². The van der Waals surface area contributed by atoms with Crippen LogP contribution in [0.4, 0.5) is 0 Å². The molecule has 0 saturated carbocycles. The molecule has 2 nitrogen and oxygen atoms in total. The average Bonchev–Trinajstić information content (AvgIpc) is 2.72. The minimum Gasteiger partial charge on any atom is -0.469 e. The Morgan fingerprint density at radius 3 is 2.79 bits per heavy atom. The van der Waals surface area contributed by atoms with E-state index in [1.54, 1.807) is 6.26 Å². The van der Waals surface area contributed by atoms with Crippen molar-refractivity contribution < 1.29 is 4.42 Å².